The Labute approximate surface area is 129 Å². The summed E-state index contributed by atoms with van der Waals surface area (Å²) in [6, 6.07) is 3.61. The summed E-state index contributed by atoms with van der Waals surface area (Å²) in [7, 11) is 0. The monoisotopic (exact) mass is 327 g/mol. The molecule has 0 spiro atoms. The first kappa shape index (κ1) is 14.2. The van der Waals surface area contributed by atoms with Crippen molar-refractivity contribution in [3.05, 3.63) is 52.4 Å². The molecule has 0 aliphatic heterocycles. The minimum atomic E-state index is -0.798. The van der Waals surface area contributed by atoms with Gasteiger partial charge in [-0.15, -0.1) is 11.6 Å². The zero-order chi connectivity index (χ0) is 15.1. The minimum Gasteiger partial charge on any atom is -0.275 e. The summed E-state index contributed by atoms with van der Waals surface area (Å²) in [6.45, 7) is 1.87. The molecule has 0 unspecified atom stereocenters. The third kappa shape index (κ3) is 2.36. The lowest BCUT2D eigenvalue weighted by atomic mass is 10.2. The standard InChI is InChI=1S/C14H9Cl2F2N3/c1-7-2-11-14(19-6-7)21(12(5-15)20-11)13-9(16)3-8(17)4-10(13)18/h2-4,6H,5H2,1H3. The third-order valence-corrected chi connectivity index (χ3v) is 3.56. The van der Waals surface area contributed by atoms with Gasteiger partial charge in [0.25, 0.3) is 0 Å². The van der Waals surface area contributed by atoms with Crippen LogP contribution >= 0.6 is 23.2 Å². The van der Waals surface area contributed by atoms with Crippen LogP contribution in [0, 0.1) is 18.6 Å². The third-order valence-electron chi connectivity index (χ3n) is 3.03. The maximum atomic E-state index is 14.2. The van der Waals surface area contributed by atoms with Crippen molar-refractivity contribution in [1.29, 1.82) is 0 Å². The van der Waals surface area contributed by atoms with Crippen molar-refractivity contribution in [2.45, 2.75) is 12.8 Å². The second kappa shape index (κ2) is 5.24. The topological polar surface area (TPSA) is 30.7 Å². The van der Waals surface area contributed by atoms with Gasteiger partial charge in [0.05, 0.1) is 10.9 Å². The van der Waals surface area contributed by atoms with Crippen LogP contribution in [0.4, 0.5) is 8.78 Å². The maximum Gasteiger partial charge on any atom is 0.164 e. The van der Waals surface area contributed by atoms with Gasteiger partial charge in [-0.05, 0) is 24.6 Å². The van der Waals surface area contributed by atoms with Crippen LogP contribution in [0.1, 0.15) is 11.4 Å². The van der Waals surface area contributed by atoms with Crippen LogP contribution in [0.5, 0.6) is 0 Å². The van der Waals surface area contributed by atoms with Crippen LogP contribution in [-0.4, -0.2) is 14.5 Å². The van der Waals surface area contributed by atoms with Crippen molar-refractivity contribution in [3.63, 3.8) is 0 Å². The molecule has 0 fully saturated rings. The highest BCUT2D eigenvalue weighted by Crippen LogP contribution is 2.30. The highest BCUT2D eigenvalue weighted by molar-refractivity contribution is 6.32. The van der Waals surface area contributed by atoms with Gasteiger partial charge in [0.2, 0.25) is 0 Å². The number of pyridine rings is 1. The molecule has 108 valence electrons. The van der Waals surface area contributed by atoms with Crippen molar-refractivity contribution < 1.29 is 8.78 Å². The molecule has 7 heteroatoms. The molecule has 0 bridgehead atoms. The van der Waals surface area contributed by atoms with E-state index in [1.165, 1.54) is 4.57 Å². The molecule has 2 heterocycles. The van der Waals surface area contributed by atoms with Gasteiger partial charge >= 0.3 is 0 Å². The molecule has 2 aromatic heterocycles. The Kier molecular flexibility index (Phi) is 3.55. The van der Waals surface area contributed by atoms with Crippen molar-refractivity contribution in [3.8, 4) is 5.69 Å². The SMILES string of the molecule is Cc1cnc2c(c1)nc(CCl)n2-c1c(F)cc(F)cc1Cl. The smallest absolute Gasteiger partial charge is 0.164 e. The zero-order valence-corrected chi connectivity index (χ0v) is 12.4. The lowest BCUT2D eigenvalue weighted by molar-refractivity contribution is 0.577. The fraction of sp³-hybridized carbons (Fsp3) is 0.143. The van der Waals surface area contributed by atoms with E-state index in [0.29, 0.717) is 17.0 Å². The molecular weight excluding hydrogens is 319 g/mol. The quantitative estimate of drug-likeness (QED) is 0.653. The summed E-state index contributed by atoms with van der Waals surface area (Å²) in [5, 5.41) is -0.0689. The van der Waals surface area contributed by atoms with E-state index in [4.69, 9.17) is 23.2 Å². The van der Waals surface area contributed by atoms with Crippen molar-refractivity contribution >= 4 is 34.4 Å². The number of hydrogen-bond acceptors (Lipinski definition) is 2. The van der Waals surface area contributed by atoms with E-state index >= 15 is 0 Å². The second-order valence-electron chi connectivity index (χ2n) is 4.57. The Bertz CT molecular complexity index is 823. The molecule has 0 saturated carbocycles. The van der Waals surface area contributed by atoms with Crippen molar-refractivity contribution in [2.75, 3.05) is 0 Å². The van der Waals surface area contributed by atoms with Gasteiger partial charge in [0, 0.05) is 12.3 Å². The normalized spacial score (nSPS) is 11.3. The molecule has 3 rings (SSSR count). The summed E-state index contributed by atoms with van der Waals surface area (Å²) < 4.78 is 28.8. The number of hydrogen-bond donors (Lipinski definition) is 0. The largest absolute Gasteiger partial charge is 0.275 e. The van der Waals surface area contributed by atoms with Gasteiger partial charge in [0.1, 0.15) is 22.8 Å². The molecule has 0 amide bonds. The molecule has 0 aliphatic rings. The van der Waals surface area contributed by atoms with E-state index in [9.17, 15) is 8.78 Å². The number of aromatic nitrogens is 3. The Morgan fingerprint density at radius 2 is 2.00 bits per heavy atom. The van der Waals surface area contributed by atoms with E-state index in [1.807, 2.05) is 13.0 Å². The highest BCUT2D eigenvalue weighted by Gasteiger charge is 2.19. The van der Waals surface area contributed by atoms with Crippen molar-refractivity contribution in [1.82, 2.24) is 14.5 Å². The van der Waals surface area contributed by atoms with Crippen LogP contribution < -0.4 is 0 Å². The Balaban J connectivity index is 2.39. The van der Waals surface area contributed by atoms with Crippen LogP contribution in [0.3, 0.4) is 0 Å². The molecule has 21 heavy (non-hydrogen) atoms. The van der Waals surface area contributed by atoms with Crippen LogP contribution in [0.25, 0.3) is 16.9 Å². The number of aryl methyl sites for hydroxylation is 1. The lowest BCUT2D eigenvalue weighted by Gasteiger charge is -2.10. The van der Waals surface area contributed by atoms with E-state index in [2.05, 4.69) is 9.97 Å². The summed E-state index contributed by atoms with van der Waals surface area (Å²) in [5.74, 6) is -1.12. The Morgan fingerprint density at radius 1 is 1.24 bits per heavy atom. The predicted octanol–water partition coefficient (Wildman–Crippen LogP) is 4.40. The first-order valence-corrected chi connectivity index (χ1v) is 6.97. The fourth-order valence-corrected chi connectivity index (χ4v) is 2.64. The van der Waals surface area contributed by atoms with Gasteiger partial charge in [-0.3, -0.25) is 4.57 Å². The van der Waals surface area contributed by atoms with Gasteiger partial charge in [-0.1, -0.05) is 11.6 Å². The molecule has 0 atom stereocenters. The summed E-state index contributed by atoms with van der Waals surface area (Å²) >= 11 is 11.9. The van der Waals surface area contributed by atoms with Gasteiger partial charge in [-0.25, -0.2) is 18.7 Å². The van der Waals surface area contributed by atoms with Crippen molar-refractivity contribution in [2.24, 2.45) is 0 Å². The van der Waals surface area contributed by atoms with Crippen LogP contribution in [0.15, 0.2) is 24.4 Å². The lowest BCUT2D eigenvalue weighted by Crippen LogP contribution is -2.04. The van der Waals surface area contributed by atoms with Crippen LogP contribution in [-0.2, 0) is 5.88 Å². The summed E-state index contributed by atoms with van der Waals surface area (Å²) in [5.41, 5.74) is 1.90. The number of nitrogens with zero attached hydrogens (tertiary/aromatic N) is 3. The van der Waals surface area contributed by atoms with Gasteiger partial charge in [0.15, 0.2) is 11.5 Å². The van der Waals surface area contributed by atoms with Gasteiger partial charge in [-0.2, -0.15) is 0 Å². The maximum absolute atomic E-state index is 14.2. The van der Waals surface area contributed by atoms with E-state index in [1.54, 1.807) is 6.20 Å². The summed E-state index contributed by atoms with van der Waals surface area (Å²) in [6.07, 6.45) is 1.63. The number of fused-ring (bicyclic) bond motifs is 1. The zero-order valence-electron chi connectivity index (χ0n) is 10.9. The number of benzene rings is 1. The number of rotatable bonds is 2. The molecule has 1 aromatic carbocycles. The Hall–Kier alpha value is -1.72. The minimum absolute atomic E-state index is 0.00688. The second-order valence-corrected chi connectivity index (χ2v) is 5.24. The highest BCUT2D eigenvalue weighted by atomic mass is 35.5. The number of imidazole rings is 1. The fourth-order valence-electron chi connectivity index (χ4n) is 2.19. The van der Waals surface area contributed by atoms with Gasteiger partial charge < -0.3 is 0 Å². The first-order chi connectivity index (χ1) is 10.0. The average Bonchev–Trinajstić information content (AvgIpc) is 2.75. The van der Waals surface area contributed by atoms with Crippen LogP contribution in [0.2, 0.25) is 5.02 Å². The molecule has 3 aromatic rings. The molecule has 0 aliphatic carbocycles. The first-order valence-electron chi connectivity index (χ1n) is 6.06. The molecule has 3 nitrogen and oxygen atoms in total. The molecular formula is C14H9Cl2F2N3. The molecule has 0 N–H and O–H groups in total. The predicted molar refractivity (Wildman–Crippen MR) is 78.1 cm³/mol. The average molecular weight is 328 g/mol. The number of alkyl halides is 1. The molecule has 0 radical (unpaired) electrons. The van der Waals surface area contributed by atoms with E-state index in [-0.39, 0.29) is 16.6 Å². The van der Waals surface area contributed by atoms with E-state index in [0.717, 1.165) is 17.7 Å². The summed E-state index contributed by atoms with van der Waals surface area (Å²) in [4.78, 5) is 8.58. The Morgan fingerprint density at radius 3 is 2.67 bits per heavy atom. The number of halogens is 4. The molecule has 0 saturated heterocycles. The van der Waals surface area contributed by atoms with E-state index < -0.39 is 11.6 Å².